The highest BCUT2D eigenvalue weighted by atomic mass is 19.4. The van der Waals surface area contributed by atoms with E-state index in [4.69, 9.17) is 0 Å². The second-order valence-electron chi connectivity index (χ2n) is 5.69. The number of carbonyl (C=O) groups is 2. The number of urea groups is 1. The molecule has 0 radical (unpaired) electrons. The number of anilines is 1. The third-order valence-electron chi connectivity index (χ3n) is 3.95. The summed E-state index contributed by atoms with van der Waals surface area (Å²) in [5, 5.41) is 6.37. The molecular formula is C18H21F3N4O3. The Labute approximate surface area is 160 Å². The van der Waals surface area contributed by atoms with E-state index >= 15 is 0 Å². The molecule has 0 aliphatic carbocycles. The summed E-state index contributed by atoms with van der Waals surface area (Å²) in [4.78, 5) is 25.4. The fourth-order valence-corrected chi connectivity index (χ4v) is 2.57. The van der Waals surface area contributed by atoms with Gasteiger partial charge in [0.2, 0.25) is 0 Å². The standard InChI is InChI=1S/C18H21F3N4O3/c1-4-24(5-2)17(27)23-12-7-9-13(10-8-12)25-15(18(19,20)21)14(11-22-25)16(26)28-6-3/h7-11H,4-6H2,1-3H3,(H,23,27). The van der Waals surface area contributed by atoms with Gasteiger partial charge in [-0.25, -0.2) is 14.3 Å². The summed E-state index contributed by atoms with van der Waals surface area (Å²) in [5.41, 5.74) is -1.37. The molecule has 1 aromatic heterocycles. The molecule has 1 heterocycles. The zero-order valence-electron chi connectivity index (χ0n) is 15.7. The Hall–Kier alpha value is -3.04. The maximum atomic E-state index is 13.5. The van der Waals surface area contributed by atoms with Crippen molar-refractivity contribution < 1.29 is 27.5 Å². The second-order valence-corrected chi connectivity index (χ2v) is 5.69. The Morgan fingerprint density at radius 1 is 1.14 bits per heavy atom. The van der Waals surface area contributed by atoms with Gasteiger partial charge in [0.1, 0.15) is 5.56 Å². The lowest BCUT2D eigenvalue weighted by Crippen LogP contribution is -2.34. The molecular weight excluding hydrogens is 377 g/mol. The molecule has 152 valence electrons. The minimum atomic E-state index is -4.81. The predicted molar refractivity (Wildman–Crippen MR) is 96.5 cm³/mol. The molecule has 7 nitrogen and oxygen atoms in total. The molecule has 28 heavy (non-hydrogen) atoms. The van der Waals surface area contributed by atoms with E-state index in [1.165, 1.54) is 31.2 Å². The van der Waals surface area contributed by atoms with E-state index in [1.807, 2.05) is 13.8 Å². The summed E-state index contributed by atoms with van der Waals surface area (Å²) in [6, 6.07) is 5.35. The van der Waals surface area contributed by atoms with Gasteiger partial charge in [-0.05, 0) is 45.0 Å². The number of ether oxygens (including phenoxy) is 1. The first-order valence-electron chi connectivity index (χ1n) is 8.71. The Morgan fingerprint density at radius 3 is 2.25 bits per heavy atom. The highest BCUT2D eigenvalue weighted by molar-refractivity contribution is 5.91. The first kappa shape index (κ1) is 21.3. The van der Waals surface area contributed by atoms with Gasteiger partial charge in [-0.3, -0.25) is 0 Å². The van der Waals surface area contributed by atoms with Crippen molar-refractivity contribution in [1.29, 1.82) is 0 Å². The van der Waals surface area contributed by atoms with Gasteiger partial charge in [0, 0.05) is 18.8 Å². The van der Waals surface area contributed by atoms with E-state index < -0.39 is 23.4 Å². The topological polar surface area (TPSA) is 76.5 Å². The summed E-state index contributed by atoms with van der Waals surface area (Å²) >= 11 is 0. The molecule has 0 spiro atoms. The number of amides is 2. The van der Waals surface area contributed by atoms with Crippen molar-refractivity contribution in [1.82, 2.24) is 14.7 Å². The Balaban J connectivity index is 2.33. The van der Waals surface area contributed by atoms with E-state index in [2.05, 4.69) is 15.2 Å². The van der Waals surface area contributed by atoms with Gasteiger partial charge >= 0.3 is 18.2 Å². The van der Waals surface area contributed by atoms with Crippen LogP contribution >= 0.6 is 0 Å². The molecule has 0 atom stereocenters. The summed E-state index contributed by atoms with van der Waals surface area (Å²) in [6.07, 6.45) is -3.98. The number of aromatic nitrogens is 2. The van der Waals surface area contributed by atoms with E-state index in [0.29, 0.717) is 23.5 Å². The quantitative estimate of drug-likeness (QED) is 0.748. The number of halogens is 3. The lowest BCUT2D eigenvalue weighted by molar-refractivity contribution is -0.143. The average Bonchev–Trinajstić information content (AvgIpc) is 3.09. The first-order valence-corrected chi connectivity index (χ1v) is 8.71. The minimum absolute atomic E-state index is 0.0533. The largest absolute Gasteiger partial charge is 0.462 e. The molecule has 0 fully saturated rings. The highest BCUT2D eigenvalue weighted by Crippen LogP contribution is 2.34. The fourth-order valence-electron chi connectivity index (χ4n) is 2.57. The van der Waals surface area contributed by atoms with Gasteiger partial charge in [0.25, 0.3) is 0 Å². The number of hydrogen-bond acceptors (Lipinski definition) is 4. The van der Waals surface area contributed by atoms with Crippen LogP contribution in [0.1, 0.15) is 36.8 Å². The first-order chi connectivity index (χ1) is 13.2. The highest BCUT2D eigenvalue weighted by Gasteiger charge is 2.41. The van der Waals surface area contributed by atoms with Crippen LogP contribution in [0.15, 0.2) is 30.5 Å². The van der Waals surface area contributed by atoms with Crippen LogP contribution in [0, 0.1) is 0 Å². The van der Waals surface area contributed by atoms with Gasteiger partial charge in [0.15, 0.2) is 5.69 Å². The molecule has 2 rings (SSSR count). The number of esters is 1. The zero-order valence-corrected chi connectivity index (χ0v) is 15.7. The Morgan fingerprint density at radius 2 is 1.75 bits per heavy atom. The second kappa shape index (κ2) is 8.77. The summed E-state index contributed by atoms with van der Waals surface area (Å²) < 4.78 is 45.8. The van der Waals surface area contributed by atoms with Crippen molar-refractivity contribution in [2.45, 2.75) is 26.9 Å². The minimum Gasteiger partial charge on any atom is -0.462 e. The Kier molecular flexibility index (Phi) is 6.66. The monoisotopic (exact) mass is 398 g/mol. The van der Waals surface area contributed by atoms with Crippen LogP contribution in [0.25, 0.3) is 5.69 Å². The molecule has 2 amide bonds. The maximum Gasteiger partial charge on any atom is 0.434 e. The smallest absolute Gasteiger partial charge is 0.434 e. The maximum absolute atomic E-state index is 13.5. The molecule has 10 heteroatoms. The van der Waals surface area contributed by atoms with Crippen LogP contribution in [-0.4, -0.2) is 46.4 Å². The molecule has 0 saturated heterocycles. The number of alkyl halides is 3. The van der Waals surface area contributed by atoms with Crippen molar-refractivity contribution in [3.8, 4) is 5.69 Å². The van der Waals surface area contributed by atoms with E-state index in [1.54, 1.807) is 4.90 Å². The molecule has 0 unspecified atom stereocenters. The van der Waals surface area contributed by atoms with Crippen molar-refractivity contribution in [2.24, 2.45) is 0 Å². The molecule has 0 aliphatic heterocycles. The molecule has 2 aromatic rings. The average molecular weight is 398 g/mol. The van der Waals surface area contributed by atoms with Gasteiger partial charge in [-0.15, -0.1) is 0 Å². The van der Waals surface area contributed by atoms with Crippen LogP contribution in [-0.2, 0) is 10.9 Å². The normalized spacial score (nSPS) is 11.2. The summed E-state index contributed by atoms with van der Waals surface area (Å²) in [6.45, 7) is 6.18. The number of rotatable bonds is 6. The van der Waals surface area contributed by atoms with Gasteiger partial charge < -0.3 is 15.0 Å². The lowest BCUT2D eigenvalue weighted by Gasteiger charge is -2.19. The fraction of sp³-hybridized carbons (Fsp3) is 0.389. The number of nitrogens with one attached hydrogen (secondary N) is 1. The predicted octanol–water partition coefficient (Wildman–Crippen LogP) is 3.94. The molecule has 1 aromatic carbocycles. The van der Waals surface area contributed by atoms with Gasteiger partial charge in [-0.1, -0.05) is 0 Å². The van der Waals surface area contributed by atoms with Crippen molar-refractivity contribution >= 4 is 17.7 Å². The van der Waals surface area contributed by atoms with Crippen LogP contribution < -0.4 is 5.32 Å². The van der Waals surface area contributed by atoms with Crippen LogP contribution in [0.2, 0.25) is 0 Å². The van der Waals surface area contributed by atoms with Crippen LogP contribution in [0.4, 0.5) is 23.7 Å². The van der Waals surface area contributed by atoms with Crippen molar-refractivity contribution in [3.63, 3.8) is 0 Å². The van der Waals surface area contributed by atoms with E-state index in [0.717, 1.165) is 6.20 Å². The molecule has 1 N–H and O–H groups in total. The molecule has 0 saturated carbocycles. The number of benzene rings is 1. The van der Waals surface area contributed by atoms with Crippen LogP contribution in [0.3, 0.4) is 0 Å². The third-order valence-corrected chi connectivity index (χ3v) is 3.95. The SMILES string of the molecule is CCOC(=O)c1cnn(-c2ccc(NC(=O)N(CC)CC)cc2)c1C(F)(F)F. The lowest BCUT2D eigenvalue weighted by atomic mass is 10.2. The molecule has 0 aliphatic rings. The number of hydrogen-bond donors (Lipinski definition) is 1. The zero-order chi connectivity index (χ0) is 20.9. The van der Waals surface area contributed by atoms with E-state index in [9.17, 15) is 22.8 Å². The summed E-state index contributed by atoms with van der Waals surface area (Å²) in [5.74, 6) is -1.09. The molecule has 0 bridgehead atoms. The summed E-state index contributed by atoms with van der Waals surface area (Å²) in [7, 11) is 0. The van der Waals surface area contributed by atoms with Crippen molar-refractivity contribution in [3.05, 3.63) is 41.7 Å². The third kappa shape index (κ3) is 4.62. The number of nitrogens with zero attached hydrogens (tertiary/aromatic N) is 3. The van der Waals surface area contributed by atoms with Gasteiger partial charge in [-0.2, -0.15) is 18.3 Å². The number of carbonyl (C=O) groups excluding carboxylic acids is 2. The van der Waals surface area contributed by atoms with Crippen LogP contribution in [0.5, 0.6) is 0 Å². The van der Waals surface area contributed by atoms with Gasteiger partial charge in [0.05, 0.1) is 18.5 Å². The van der Waals surface area contributed by atoms with Crippen molar-refractivity contribution in [2.75, 3.05) is 25.0 Å². The Bertz CT molecular complexity index is 828. The van der Waals surface area contributed by atoms with E-state index in [-0.39, 0.29) is 18.3 Å².